The summed E-state index contributed by atoms with van der Waals surface area (Å²) in [5.74, 6) is 0.529. The Kier molecular flexibility index (Phi) is 3.29. The van der Waals surface area contributed by atoms with Crippen molar-refractivity contribution >= 4 is 29.0 Å². The summed E-state index contributed by atoms with van der Waals surface area (Å²) in [5, 5.41) is 4.17. The summed E-state index contributed by atoms with van der Waals surface area (Å²) in [6.07, 6.45) is 0.549. The highest BCUT2D eigenvalue weighted by Crippen LogP contribution is 2.23. The first-order valence-corrected chi connectivity index (χ1v) is 5.61. The first-order chi connectivity index (χ1) is 7.16. The molecule has 1 N–H and O–H groups in total. The number of nitrogens with one attached hydrogen (secondary N) is 1. The van der Waals surface area contributed by atoms with Crippen LogP contribution in [0.2, 0.25) is 10.0 Å². The standard InChI is InChI=1S/C11H11Cl2NO/c12-8-1-2-10(13)9(4-8)11(15)3-7-5-14-6-7/h1-2,4,7,14H,3,5-6H2. The average Bonchev–Trinajstić information content (AvgIpc) is 2.15. The number of hydrogen-bond acceptors (Lipinski definition) is 2. The highest BCUT2D eigenvalue weighted by molar-refractivity contribution is 6.35. The van der Waals surface area contributed by atoms with Gasteiger partial charge in [0.2, 0.25) is 0 Å². The van der Waals surface area contributed by atoms with Crippen LogP contribution in [0.1, 0.15) is 16.8 Å². The van der Waals surface area contributed by atoms with E-state index in [2.05, 4.69) is 5.32 Å². The Hall–Kier alpha value is -0.570. The molecule has 1 aromatic rings. The minimum absolute atomic E-state index is 0.0778. The topological polar surface area (TPSA) is 29.1 Å². The predicted molar refractivity (Wildman–Crippen MR) is 61.8 cm³/mol. The molecule has 0 aliphatic carbocycles. The Balaban J connectivity index is 2.12. The molecule has 2 rings (SSSR count). The van der Waals surface area contributed by atoms with Gasteiger partial charge in [-0.25, -0.2) is 0 Å². The van der Waals surface area contributed by atoms with Crippen LogP contribution >= 0.6 is 23.2 Å². The van der Waals surface area contributed by atoms with E-state index in [9.17, 15) is 4.79 Å². The molecule has 1 heterocycles. The summed E-state index contributed by atoms with van der Waals surface area (Å²) < 4.78 is 0. The van der Waals surface area contributed by atoms with Crippen molar-refractivity contribution < 1.29 is 4.79 Å². The van der Waals surface area contributed by atoms with Crippen LogP contribution < -0.4 is 5.32 Å². The van der Waals surface area contributed by atoms with Crippen molar-refractivity contribution in [2.45, 2.75) is 6.42 Å². The number of ketones is 1. The van der Waals surface area contributed by atoms with Crippen LogP contribution in [-0.4, -0.2) is 18.9 Å². The van der Waals surface area contributed by atoms with E-state index in [1.165, 1.54) is 0 Å². The van der Waals surface area contributed by atoms with E-state index >= 15 is 0 Å². The van der Waals surface area contributed by atoms with Gasteiger partial charge in [-0.15, -0.1) is 0 Å². The van der Waals surface area contributed by atoms with Crippen molar-refractivity contribution in [3.05, 3.63) is 33.8 Å². The number of hydrogen-bond donors (Lipinski definition) is 1. The van der Waals surface area contributed by atoms with Gasteiger partial charge >= 0.3 is 0 Å². The molecule has 0 radical (unpaired) electrons. The molecular formula is C11H11Cl2NO. The summed E-state index contributed by atoms with van der Waals surface area (Å²) in [7, 11) is 0. The third kappa shape index (κ3) is 2.51. The van der Waals surface area contributed by atoms with Crippen LogP contribution in [0.25, 0.3) is 0 Å². The highest BCUT2D eigenvalue weighted by atomic mass is 35.5. The van der Waals surface area contributed by atoms with Gasteiger partial charge in [0, 0.05) is 17.0 Å². The van der Waals surface area contributed by atoms with Crippen molar-refractivity contribution in [2.75, 3.05) is 13.1 Å². The first kappa shape index (κ1) is 10.9. The van der Waals surface area contributed by atoms with Gasteiger partial charge in [0.05, 0.1) is 5.02 Å². The molecule has 0 unspecified atom stereocenters. The number of halogens is 2. The van der Waals surface area contributed by atoms with E-state index in [0.717, 1.165) is 13.1 Å². The summed E-state index contributed by atoms with van der Waals surface area (Å²) in [5.41, 5.74) is 0.538. The fourth-order valence-corrected chi connectivity index (χ4v) is 1.97. The second kappa shape index (κ2) is 4.52. The van der Waals surface area contributed by atoms with E-state index < -0.39 is 0 Å². The van der Waals surface area contributed by atoms with E-state index in [0.29, 0.717) is 27.9 Å². The third-order valence-electron chi connectivity index (χ3n) is 2.57. The smallest absolute Gasteiger partial charge is 0.164 e. The molecule has 0 atom stereocenters. The quantitative estimate of drug-likeness (QED) is 0.828. The number of benzene rings is 1. The molecule has 1 fully saturated rings. The zero-order valence-electron chi connectivity index (χ0n) is 8.09. The Morgan fingerprint density at radius 3 is 2.73 bits per heavy atom. The van der Waals surface area contributed by atoms with E-state index in [1.807, 2.05) is 0 Å². The Morgan fingerprint density at radius 2 is 2.13 bits per heavy atom. The molecule has 15 heavy (non-hydrogen) atoms. The molecule has 0 bridgehead atoms. The second-order valence-electron chi connectivity index (χ2n) is 3.78. The lowest BCUT2D eigenvalue weighted by Crippen LogP contribution is -2.42. The molecule has 1 aromatic carbocycles. The third-order valence-corrected chi connectivity index (χ3v) is 3.13. The molecule has 1 aliphatic heterocycles. The number of carbonyl (C=O) groups excluding carboxylic acids is 1. The molecular weight excluding hydrogens is 233 g/mol. The summed E-state index contributed by atoms with van der Waals surface area (Å²) in [4.78, 5) is 11.9. The Labute approximate surface area is 98.6 Å². The zero-order chi connectivity index (χ0) is 10.8. The zero-order valence-corrected chi connectivity index (χ0v) is 9.61. The van der Waals surface area contributed by atoms with Crippen molar-refractivity contribution in [2.24, 2.45) is 5.92 Å². The molecule has 4 heteroatoms. The van der Waals surface area contributed by atoms with Crippen LogP contribution in [-0.2, 0) is 0 Å². The van der Waals surface area contributed by atoms with Crippen LogP contribution in [0.4, 0.5) is 0 Å². The van der Waals surface area contributed by atoms with Crippen LogP contribution in [0.3, 0.4) is 0 Å². The minimum Gasteiger partial charge on any atom is -0.316 e. The number of carbonyl (C=O) groups is 1. The fraction of sp³-hybridized carbons (Fsp3) is 0.364. The molecule has 1 saturated heterocycles. The lowest BCUT2D eigenvalue weighted by Gasteiger charge is -2.26. The van der Waals surface area contributed by atoms with Crippen molar-refractivity contribution in [3.8, 4) is 0 Å². The second-order valence-corrected chi connectivity index (χ2v) is 4.62. The molecule has 0 aromatic heterocycles. The first-order valence-electron chi connectivity index (χ1n) is 4.86. The van der Waals surface area contributed by atoms with Gasteiger partial charge in [-0.1, -0.05) is 23.2 Å². The maximum Gasteiger partial charge on any atom is 0.164 e. The normalized spacial score (nSPS) is 16.1. The van der Waals surface area contributed by atoms with E-state index in [-0.39, 0.29) is 5.78 Å². The SMILES string of the molecule is O=C(CC1CNC1)c1cc(Cl)ccc1Cl. The average molecular weight is 244 g/mol. The van der Waals surface area contributed by atoms with E-state index in [4.69, 9.17) is 23.2 Å². The van der Waals surface area contributed by atoms with Gasteiger partial charge in [0.15, 0.2) is 5.78 Å². The minimum atomic E-state index is 0.0778. The van der Waals surface area contributed by atoms with Crippen LogP contribution in [0, 0.1) is 5.92 Å². The number of Topliss-reactive ketones (excluding diaryl/α,β-unsaturated/α-hetero) is 1. The van der Waals surface area contributed by atoms with Gasteiger partial charge in [-0.2, -0.15) is 0 Å². The predicted octanol–water partition coefficient (Wildman–Crippen LogP) is 2.79. The Bertz CT molecular complexity index is 388. The van der Waals surface area contributed by atoms with Crippen molar-refractivity contribution in [1.82, 2.24) is 5.32 Å². The molecule has 2 nitrogen and oxygen atoms in total. The maximum atomic E-state index is 11.9. The van der Waals surface area contributed by atoms with Gasteiger partial charge < -0.3 is 5.32 Å². The van der Waals surface area contributed by atoms with Gasteiger partial charge in [0.1, 0.15) is 0 Å². The van der Waals surface area contributed by atoms with Gasteiger partial charge in [-0.3, -0.25) is 4.79 Å². The molecule has 80 valence electrons. The fourth-order valence-electron chi connectivity index (χ4n) is 1.58. The Morgan fingerprint density at radius 1 is 1.40 bits per heavy atom. The van der Waals surface area contributed by atoms with Crippen LogP contribution in [0.15, 0.2) is 18.2 Å². The molecule has 1 aliphatic rings. The molecule has 0 amide bonds. The van der Waals surface area contributed by atoms with Gasteiger partial charge in [0.25, 0.3) is 0 Å². The van der Waals surface area contributed by atoms with Gasteiger partial charge in [-0.05, 0) is 37.2 Å². The molecule has 0 saturated carbocycles. The summed E-state index contributed by atoms with van der Waals surface area (Å²) in [6.45, 7) is 1.84. The van der Waals surface area contributed by atoms with Crippen molar-refractivity contribution in [1.29, 1.82) is 0 Å². The van der Waals surface area contributed by atoms with E-state index in [1.54, 1.807) is 18.2 Å². The largest absolute Gasteiger partial charge is 0.316 e. The monoisotopic (exact) mass is 243 g/mol. The van der Waals surface area contributed by atoms with Crippen LogP contribution in [0.5, 0.6) is 0 Å². The summed E-state index contributed by atoms with van der Waals surface area (Å²) in [6, 6.07) is 4.99. The lowest BCUT2D eigenvalue weighted by molar-refractivity contribution is 0.0945. The number of rotatable bonds is 3. The summed E-state index contributed by atoms with van der Waals surface area (Å²) >= 11 is 11.8. The van der Waals surface area contributed by atoms with Crippen molar-refractivity contribution in [3.63, 3.8) is 0 Å². The highest BCUT2D eigenvalue weighted by Gasteiger charge is 2.22. The lowest BCUT2D eigenvalue weighted by atomic mass is 9.94. The molecule has 0 spiro atoms. The maximum absolute atomic E-state index is 11.9.